The largest absolute Gasteiger partial charge is 0.395 e. The van der Waals surface area contributed by atoms with E-state index in [1.165, 1.54) is 12.1 Å². The Morgan fingerprint density at radius 2 is 2.06 bits per heavy atom. The van der Waals surface area contributed by atoms with E-state index in [0.29, 0.717) is 10.6 Å². The van der Waals surface area contributed by atoms with Gasteiger partial charge in [0.25, 0.3) is 0 Å². The monoisotopic (exact) mass is 279 g/mol. The SMILES string of the molecule is CC[C@@H](CO)NC(C)c1c(Cl)ccc(F)c1Cl. The van der Waals surface area contributed by atoms with E-state index < -0.39 is 5.82 Å². The maximum atomic E-state index is 13.4. The number of aliphatic hydroxyl groups excluding tert-OH is 1. The van der Waals surface area contributed by atoms with E-state index in [9.17, 15) is 4.39 Å². The van der Waals surface area contributed by atoms with Gasteiger partial charge in [-0.15, -0.1) is 0 Å². The normalized spacial score (nSPS) is 14.7. The van der Waals surface area contributed by atoms with Gasteiger partial charge in [-0.2, -0.15) is 0 Å². The molecule has 0 amide bonds. The van der Waals surface area contributed by atoms with E-state index >= 15 is 0 Å². The van der Waals surface area contributed by atoms with Crippen LogP contribution in [0.25, 0.3) is 0 Å². The van der Waals surface area contributed by atoms with Crippen molar-refractivity contribution >= 4 is 23.2 Å². The quantitative estimate of drug-likeness (QED) is 0.808. The Labute approximate surface area is 111 Å². The summed E-state index contributed by atoms with van der Waals surface area (Å²) in [5.74, 6) is -0.489. The molecule has 2 N–H and O–H groups in total. The average Bonchev–Trinajstić information content (AvgIpc) is 2.31. The minimum Gasteiger partial charge on any atom is -0.395 e. The van der Waals surface area contributed by atoms with E-state index in [4.69, 9.17) is 28.3 Å². The highest BCUT2D eigenvalue weighted by atomic mass is 35.5. The molecule has 0 bridgehead atoms. The molecular weight excluding hydrogens is 264 g/mol. The lowest BCUT2D eigenvalue weighted by Crippen LogP contribution is -2.34. The molecule has 17 heavy (non-hydrogen) atoms. The standard InChI is InChI=1S/C12H16Cl2FNO/c1-3-8(6-17)16-7(2)11-9(13)4-5-10(15)12(11)14/h4-5,7-8,16-17H,3,6H2,1-2H3/t7?,8-/m0/s1. The Kier molecular flexibility index (Phi) is 5.67. The van der Waals surface area contributed by atoms with Crippen molar-refractivity contribution < 1.29 is 9.50 Å². The molecule has 0 spiro atoms. The van der Waals surface area contributed by atoms with Crippen molar-refractivity contribution in [3.8, 4) is 0 Å². The number of nitrogens with one attached hydrogen (secondary N) is 1. The third-order valence-corrected chi connectivity index (χ3v) is 3.43. The predicted molar refractivity (Wildman–Crippen MR) is 69.1 cm³/mol. The van der Waals surface area contributed by atoms with Gasteiger partial charge in [0.05, 0.1) is 11.6 Å². The molecule has 2 atom stereocenters. The van der Waals surface area contributed by atoms with Gasteiger partial charge in [-0.05, 0) is 25.5 Å². The van der Waals surface area contributed by atoms with E-state index in [2.05, 4.69) is 5.32 Å². The Bertz CT molecular complexity index is 383. The second-order valence-electron chi connectivity index (χ2n) is 3.93. The third-order valence-electron chi connectivity index (χ3n) is 2.71. The molecule has 1 unspecified atom stereocenters. The zero-order valence-electron chi connectivity index (χ0n) is 9.80. The van der Waals surface area contributed by atoms with Crippen LogP contribution in [0.3, 0.4) is 0 Å². The van der Waals surface area contributed by atoms with Crippen molar-refractivity contribution in [2.45, 2.75) is 32.4 Å². The first-order valence-electron chi connectivity index (χ1n) is 5.51. The second-order valence-corrected chi connectivity index (χ2v) is 4.72. The van der Waals surface area contributed by atoms with Crippen LogP contribution < -0.4 is 5.32 Å². The molecule has 0 heterocycles. The van der Waals surface area contributed by atoms with Crippen LogP contribution in [0.5, 0.6) is 0 Å². The molecule has 1 aromatic rings. The molecule has 0 aliphatic carbocycles. The fraction of sp³-hybridized carbons (Fsp3) is 0.500. The summed E-state index contributed by atoms with van der Waals surface area (Å²) < 4.78 is 13.4. The topological polar surface area (TPSA) is 32.3 Å². The fourth-order valence-corrected chi connectivity index (χ4v) is 2.37. The lowest BCUT2D eigenvalue weighted by Gasteiger charge is -2.22. The van der Waals surface area contributed by atoms with Gasteiger partial charge in [-0.3, -0.25) is 0 Å². The summed E-state index contributed by atoms with van der Waals surface area (Å²) in [5, 5.41) is 12.7. The molecule has 0 aliphatic heterocycles. The third kappa shape index (κ3) is 3.55. The fourth-order valence-electron chi connectivity index (χ4n) is 1.68. The van der Waals surface area contributed by atoms with Crippen LogP contribution >= 0.6 is 23.2 Å². The number of halogens is 3. The van der Waals surface area contributed by atoms with Crippen molar-refractivity contribution in [1.82, 2.24) is 5.32 Å². The minimum atomic E-state index is -0.489. The Balaban J connectivity index is 2.95. The summed E-state index contributed by atoms with van der Waals surface area (Å²) in [7, 11) is 0. The van der Waals surface area contributed by atoms with E-state index in [-0.39, 0.29) is 23.7 Å². The summed E-state index contributed by atoms with van der Waals surface area (Å²) in [4.78, 5) is 0. The van der Waals surface area contributed by atoms with E-state index in [1.807, 2.05) is 13.8 Å². The van der Waals surface area contributed by atoms with Crippen LogP contribution in [0.2, 0.25) is 10.0 Å². The second kappa shape index (κ2) is 6.55. The smallest absolute Gasteiger partial charge is 0.142 e. The van der Waals surface area contributed by atoms with Crippen LogP contribution in [0, 0.1) is 5.82 Å². The Morgan fingerprint density at radius 1 is 1.41 bits per heavy atom. The molecule has 5 heteroatoms. The van der Waals surface area contributed by atoms with Crippen molar-refractivity contribution in [3.05, 3.63) is 33.6 Å². The average molecular weight is 280 g/mol. The summed E-state index contributed by atoms with van der Waals surface area (Å²) in [6.45, 7) is 3.81. The van der Waals surface area contributed by atoms with Crippen LogP contribution in [0.4, 0.5) is 4.39 Å². The maximum absolute atomic E-state index is 13.4. The van der Waals surface area contributed by atoms with Crippen LogP contribution in [-0.4, -0.2) is 17.8 Å². The van der Waals surface area contributed by atoms with Gasteiger partial charge in [0.2, 0.25) is 0 Å². The van der Waals surface area contributed by atoms with Crippen molar-refractivity contribution in [1.29, 1.82) is 0 Å². The molecule has 0 saturated heterocycles. The zero-order chi connectivity index (χ0) is 13.0. The molecule has 2 nitrogen and oxygen atoms in total. The molecule has 96 valence electrons. The van der Waals surface area contributed by atoms with E-state index in [1.54, 1.807) is 0 Å². The summed E-state index contributed by atoms with van der Waals surface area (Å²) >= 11 is 11.9. The highest BCUT2D eigenvalue weighted by Crippen LogP contribution is 2.32. The van der Waals surface area contributed by atoms with Crippen molar-refractivity contribution in [2.75, 3.05) is 6.61 Å². The van der Waals surface area contributed by atoms with Gasteiger partial charge >= 0.3 is 0 Å². The first-order chi connectivity index (χ1) is 8.01. The first-order valence-corrected chi connectivity index (χ1v) is 6.27. The minimum absolute atomic E-state index is 0.0192. The number of rotatable bonds is 5. The van der Waals surface area contributed by atoms with Crippen LogP contribution in [0.15, 0.2) is 12.1 Å². The van der Waals surface area contributed by atoms with Crippen LogP contribution in [-0.2, 0) is 0 Å². The maximum Gasteiger partial charge on any atom is 0.142 e. The molecular formula is C12H16Cl2FNO. The molecule has 1 aromatic carbocycles. The van der Waals surface area contributed by atoms with Gasteiger partial charge in [0.1, 0.15) is 5.82 Å². The van der Waals surface area contributed by atoms with E-state index in [0.717, 1.165) is 6.42 Å². The highest BCUT2D eigenvalue weighted by Gasteiger charge is 2.18. The number of hydrogen-bond acceptors (Lipinski definition) is 2. The summed E-state index contributed by atoms with van der Waals surface area (Å²) in [6.07, 6.45) is 0.769. The summed E-state index contributed by atoms with van der Waals surface area (Å²) in [5.41, 5.74) is 0.528. The molecule has 0 fully saturated rings. The zero-order valence-corrected chi connectivity index (χ0v) is 11.3. The Hall–Kier alpha value is -0.350. The lowest BCUT2D eigenvalue weighted by atomic mass is 10.1. The summed E-state index contributed by atoms with van der Waals surface area (Å²) in [6, 6.07) is 2.45. The first kappa shape index (κ1) is 14.7. The van der Waals surface area contributed by atoms with Crippen molar-refractivity contribution in [3.63, 3.8) is 0 Å². The number of hydrogen-bond donors (Lipinski definition) is 2. The lowest BCUT2D eigenvalue weighted by molar-refractivity contribution is 0.230. The van der Waals surface area contributed by atoms with Gasteiger partial charge in [-0.1, -0.05) is 30.1 Å². The highest BCUT2D eigenvalue weighted by molar-refractivity contribution is 6.36. The molecule has 0 aromatic heterocycles. The molecule has 1 rings (SSSR count). The van der Waals surface area contributed by atoms with Crippen LogP contribution in [0.1, 0.15) is 31.9 Å². The number of aliphatic hydroxyl groups is 1. The number of benzene rings is 1. The van der Waals surface area contributed by atoms with Crippen molar-refractivity contribution in [2.24, 2.45) is 0 Å². The molecule has 0 aliphatic rings. The molecule has 0 radical (unpaired) electrons. The Morgan fingerprint density at radius 3 is 2.59 bits per heavy atom. The van der Waals surface area contributed by atoms with Gasteiger partial charge in [0.15, 0.2) is 0 Å². The predicted octanol–water partition coefficient (Wildman–Crippen LogP) is 3.55. The van der Waals surface area contributed by atoms with Gasteiger partial charge in [0, 0.05) is 22.7 Å². The van der Waals surface area contributed by atoms with Gasteiger partial charge < -0.3 is 10.4 Å². The van der Waals surface area contributed by atoms with Gasteiger partial charge in [-0.25, -0.2) is 4.39 Å². The molecule has 0 saturated carbocycles.